The number of nitrogens with one attached hydrogen (secondary N) is 1. The highest BCUT2D eigenvalue weighted by atomic mass is 16.2. The first-order chi connectivity index (χ1) is 16.6. The van der Waals surface area contributed by atoms with Crippen LogP contribution < -0.4 is 0 Å². The molecule has 1 aromatic carbocycles. The molecule has 5 rings (SSSR count). The fourth-order valence-corrected chi connectivity index (χ4v) is 4.34. The zero-order chi connectivity index (χ0) is 23.5. The van der Waals surface area contributed by atoms with Crippen LogP contribution in [0.2, 0.25) is 0 Å². The molecule has 1 amide bonds. The van der Waals surface area contributed by atoms with Crippen molar-refractivity contribution in [2.24, 2.45) is 0 Å². The summed E-state index contributed by atoms with van der Waals surface area (Å²) in [4.78, 5) is 35.8. The Morgan fingerprint density at radius 1 is 1.18 bits per heavy atom. The predicted molar refractivity (Wildman–Crippen MR) is 129 cm³/mol. The van der Waals surface area contributed by atoms with Crippen molar-refractivity contribution in [3.8, 4) is 23.1 Å². The van der Waals surface area contributed by atoms with Crippen LogP contribution in [0.25, 0.3) is 22.2 Å². The van der Waals surface area contributed by atoms with E-state index in [-0.39, 0.29) is 24.0 Å². The lowest BCUT2D eigenvalue weighted by atomic mass is 9.99. The summed E-state index contributed by atoms with van der Waals surface area (Å²) in [7, 11) is 0. The van der Waals surface area contributed by atoms with Gasteiger partial charge in [0, 0.05) is 53.1 Å². The summed E-state index contributed by atoms with van der Waals surface area (Å²) in [5, 5.41) is 8.22. The number of H-pyrrole nitrogens is 1. The summed E-state index contributed by atoms with van der Waals surface area (Å²) >= 11 is 0. The van der Waals surface area contributed by atoms with Gasteiger partial charge in [-0.3, -0.25) is 24.7 Å². The number of Topliss-reactive ketones (excluding diaryl/α,β-unsaturated/α-hetero) is 1. The van der Waals surface area contributed by atoms with Crippen molar-refractivity contribution in [3.05, 3.63) is 77.9 Å². The van der Waals surface area contributed by atoms with Crippen LogP contribution in [0.5, 0.6) is 0 Å². The monoisotopic (exact) mass is 449 g/mol. The maximum Gasteiger partial charge on any atom is 0.298 e. The number of pyridine rings is 2. The smallest absolute Gasteiger partial charge is 0.298 e. The van der Waals surface area contributed by atoms with Crippen LogP contribution in [0, 0.1) is 11.8 Å². The highest BCUT2D eigenvalue weighted by Crippen LogP contribution is 2.32. The van der Waals surface area contributed by atoms with E-state index in [0.717, 1.165) is 40.0 Å². The van der Waals surface area contributed by atoms with E-state index in [1.54, 1.807) is 24.2 Å². The first-order valence-electron chi connectivity index (χ1n) is 11.2. The molecule has 4 heterocycles. The zero-order valence-corrected chi connectivity index (χ0v) is 18.8. The van der Waals surface area contributed by atoms with Gasteiger partial charge >= 0.3 is 0 Å². The molecule has 1 N–H and O–H groups in total. The number of likely N-dealkylation sites (tertiary alicyclic amines) is 1. The van der Waals surface area contributed by atoms with Gasteiger partial charge in [0.2, 0.25) is 0 Å². The molecule has 1 fully saturated rings. The average Bonchev–Trinajstić information content (AvgIpc) is 3.54. The van der Waals surface area contributed by atoms with Crippen LogP contribution >= 0.6 is 0 Å². The number of nitrogens with zero attached hydrogens (tertiary/aromatic N) is 4. The van der Waals surface area contributed by atoms with Gasteiger partial charge in [0.25, 0.3) is 5.91 Å². The lowest BCUT2D eigenvalue weighted by Gasteiger charge is -2.14. The first-order valence-corrected chi connectivity index (χ1v) is 11.2. The van der Waals surface area contributed by atoms with Crippen molar-refractivity contribution in [2.45, 2.75) is 25.7 Å². The second kappa shape index (κ2) is 9.28. The number of benzene rings is 1. The molecule has 0 spiro atoms. The number of ketones is 1. The average molecular weight is 450 g/mol. The number of hydrogen-bond acceptors (Lipinski definition) is 5. The summed E-state index contributed by atoms with van der Waals surface area (Å²) in [5.74, 6) is 5.32. The van der Waals surface area contributed by atoms with Gasteiger partial charge in [0.05, 0.1) is 23.8 Å². The Hall–Kier alpha value is -4.31. The van der Waals surface area contributed by atoms with Gasteiger partial charge in [-0.1, -0.05) is 36.3 Å². The molecule has 0 radical (unpaired) electrons. The quantitative estimate of drug-likeness (QED) is 0.370. The van der Waals surface area contributed by atoms with Crippen molar-refractivity contribution in [2.75, 3.05) is 13.1 Å². The van der Waals surface area contributed by atoms with Crippen LogP contribution in [-0.4, -0.2) is 49.8 Å². The van der Waals surface area contributed by atoms with Crippen LogP contribution in [0.15, 0.2) is 60.9 Å². The Labute approximate surface area is 197 Å². The normalized spacial score (nSPS) is 15.2. The topological polar surface area (TPSA) is 91.8 Å². The SMILES string of the molecule is CC#CC(=O)N1CCC(c2cc3cn[nH]c3c(-c3ccc(C(=O)Cc4ccccn4)cc3)n2)C1. The Bertz CT molecular complexity index is 1410. The van der Waals surface area contributed by atoms with E-state index in [2.05, 4.69) is 27.0 Å². The molecule has 4 aromatic rings. The Balaban J connectivity index is 1.41. The van der Waals surface area contributed by atoms with Gasteiger partial charge in [-0.05, 0) is 37.5 Å². The molecule has 7 heteroatoms. The van der Waals surface area contributed by atoms with Crippen molar-refractivity contribution in [1.29, 1.82) is 0 Å². The fraction of sp³-hybridized carbons (Fsp3) is 0.222. The molecular weight excluding hydrogens is 426 g/mol. The third kappa shape index (κ3) is 4.30. The maximum atomic E-state index is 12.7. The third-order valence-corrected chi connectivity index (χ3v) is 6.12. The van der Waals surface area contributed by atoms with Crippen LogP contribution in [-0.2, 0) is 11.2 Å². The third-order valence-electron chi connectivity index (χ3n) is 6.12. The summed E-state index contributed by atoms with van der Waals surface area (Å²) < 4.78 is 0. The molecular formula is C27H23N5O2. The van der Waals surface area contributed by atoms with E-state index in [1.165, 1.54) is 0 Å². The predicted octanol–water partition coefficient (Wildman–Crippen LogP) is 3.78. The van der Waals surface area contributed by atoms with E-state index in [4.69, 9.17) is 4.98 Å². The lowest BCUT2D eigenvalue weighted by Crippen LogP contribution is -2.27. The number of aromatic nitrogens is 4. The van der Waals surface area contributed by atoms with Crippen LogP contribution in [0.4, 0.5) is 0 Å². The van der Waals surface area contributed by atoms with E-state index in [1.807, 2.05) is 48.5 Å². The minimum absolute atomic E-state index is 0.0181. The molecule has 1 unspecified atom stereocenters. The molecule has 3 aromatic heterocycles. The van der Waals surface area contributed by atoms with Crippen LogP contribution in [0.3, 0.4) is 0 Å². The number of carbonyl (C=O) groups is 2. The summed E-state index contributed by atoms with van der Waals surface area (Å²) in [6.45, 7) is 2.94. The standard InChI is InChI=1S/C27H23N5O2/c1-2-5-25(34)32-13-11-20(17-32)23-14-21-16-29-31-27(21)26(30-23)19-9-7-18(8-10-19)24(33)15-22-6-3-4-12-28-22/h3-4,6-10,12,14,16,20H,11,13,15,17H2,1H3,(H,29,31). The highest BCUT2D eigenvalue weighted by molar-refractivity contribution is 5.98. The molecule has 0 aliphatic carbocycles. The Morgan fingerprint density at radius 2 is 2.03 bits per heavy atom. The summed E-state index contributed by atoms with van der Waals surface area (Å²) in [6, 6.07) is 15.1. The van der Waals surface area contributed by atoms with Gasteiger partial charge in [0.15, 0.2) is 5.78 Å². The fourth-order valence-electron chi connectivity index (χ4n) is 4.34. The van der Waals surface area contributed by atoms with Crippen molar-refractivity contribution >= 4 is 22.6 Å². The van der Waals surface area contributed by atoms with E-state index < -0.39 is 0 Å². The Morgan fingerprint density at radius 3 is 2.79 bits per heavy atom. The van der Waals surface area contributed by atoms with Gasteiger partial charge in [-0.15, -0.1) is 0 Å². The number of carbonyl (C=O) groups excluding carboxylic acids is 2. The van der Waals surface area contributed by atoms with Crippen molar-refractivity contribution in [3.63, 3.8) is 0 Å². The summed E-state index contributed by atoms with van der Waals surface area (Å²) in [6.07, 6.45) is 4.58. The minimum atomic E-state index is -0.138. The molecule has 168 valence electrons. The number of aromatic amines is 1. The second-order valence-corrected chi connectivity index (χ2v) is 8.34. The molecule has 7 nitrogen and oxygen atoms in total. The molecule has 1 saturated heterocycles. The molecule has 1 atom stereocenters. The minimum Gasteiger partial charge on any atom is -0.331 e. The van der Waals surface area contributed by atoms with E-state index in [9.17, 15) is 9.59 Å². The summed E-state index contributed by atoms with van der Waals surface area (Å²) in [5.41, 5.74) is 4.84. The van der Waals surface area contributed by atoms with E-state index >= 15 is 0 Å². The largest absolute Gasteiger partial charge is 0.331 e. The highest BCUT2D eigenvalue weighted by Gasteiger charge is 2.28. The number of rotatable bonds is 5. The molecule has 1 aliphatic rings. The van der Waals surface area contributed by atoms with E-state index in [0.29, 0.717) is 18.7 Å². The molecule has 34 heavy (non-hydrogen) atoms. The molecule has 0 bridgehead atoms. The second-order valence-electron chi connectivity index (χ2n) is 8.34. The van der Waals surface area contributed by atoms with Gasteiger partial charge in [0.1, 0.15) is 0 Å². The van der Waals surface area contributed by atoms with Crippen molar-refractivity contribution < 1.29 is 9.59 Å². The van der Waals surface area contributed by atoms with Crippen LogP contribution in [0.1, 0.15) is 41.0 Å². The maximum absolute atomic E-state index is 12.7. The van der Waals surface area contributed by atoms with Gasteiger partial charge in [-0.2, -0.15) is 5.10 Å². The Kier molecular flexibility index (Phi) is 5.88. The zero-order valence-electron chi connectivity index (χ0n) is 18.8. The lowest BCUT2D eigenvalue weighted by molar-refractivity contribution is -0.124. The first kappa shape index (κ1) is 21.5. The number of fused-ring (bicyclic) bond motifs is 1. The number of amides is 1. The van der Waals surface area contributed by atoms with Gasteiger partial charge in [-0.25, -0.2) is 0 Å². The van der Waals surface area contributed by atoms with Crippen molar-refractivity contribution in [1.82, 2.24) is 25.1 Å². The number of hydrogen-bond donors (Lipinski definition) is 1. The molecule has 0 saturated carbocycles. The molecule has 1 aliphatic heterocycles. The van der Waals surface area contributed by atoms with Gasteiger partial charge < -0.3 is 4.90 Å².